The fourth-order valence-electron chi connectivity index (χ4n) is 2.69. The molecule has 0 saturated carbocycles. The van der Waals surface area contributed by atoms with Crippen LogP contribution < -0.4 is 10.9 Å². The van der Waals surface area contributed by atoms with Crippen molar-refractivity contribution in [3.63, 3.8) is 0 Å². The van der Waals surface area contributed by atoms with Gasteiger partial charge in [0.25, 0.3) is 11.2 Å². The normalized spacial score (nSPS) is 11.4. The first kappa shape index (κ1) is 19.1. The van der Waals surface area contributed by atoms with Crippen LogP contribution in [0.15, 0.2) is 59.4 Å². The van der Waals surface area contributed by atoms with Crippen molar-refractivity contribution in [2.75, 3.05) is 5.32 Å². The molecule has 0 atom stereocenters. The SMILES string of the molecule is O=C(Cn1c(=O)ccc2cc([N+](=O)[O-])ccc21)Nc1cccc(C(F)(F)F)c1. The zero-order valence-electron chi connectivity index (χ0n) is 14.1. The van der Waals surface area contributed by atoms with Crippen molar-refractivity contribution in [1.82, 2.24) is 4.57 Å². The molecule has 0 bridgehead atoms. The van der Waals surface area contributed by atoms with E-state index in [-0.39, 0.29) is 16.9 Å². The number of hydrogen-bond donors (Lipinski definition) is 1. The second-order valence-electron chi connectivity index (χ2n) is 5.88. The van der Waals surface area contributed by atoms with Crippen LogP contribution in [0.2, 0.25) is 0 Å². The van der Waals surface area contributed by atoms with Crippen LogP contribution in [0.1, 0.15) is 5.56 Å². The van der Waals surface area contributed by atoms with Crippen LogP contribution in [0.5, 0.6) is 0 Å². The Bertz CT molecular complexity index is 1140. The number of nitrogens with one attached hydrogen (secondary N) is 1. The van der Waals surface area contributed by atoms with Gasteiger partial charge in [0.1, 0.15) is 6.54 Å². The third kappa shape index (κ3) is 4.00. The Morgan fingerprint density at radius 2 is 1.86 bits per heavy atom. The molecule has 1 amide bonds. The topological polar surface area (TPSA) is 94.2 Å². The molecular weight excluding hydrogens is 379 g/mol. The molecule has 28 heavy (non-hydrogen) atoms. The van der Waals surface area contributed by atoms with Gasteiger partial charge in [-0.1, -0.05) is 6.07 Å². The highest BCUT2D eigenvalue weighted by Gasteiger charge is 2.30. The van der Waals surface area contributed by atoms with Gasteiger partial charge in [0.05, 0.1) is 16.0 Å². The minimum Gasteiger partial charge on any atom is -0.325 e. The van der Waals surface area contributed by atoms with Crippen LogP contribution in [0.3, 0.4) is 0 Å². The van der Waals surface area contributed by atoms with E-state index < -0.39 is 34.7 Å². The van der Waals surface area contributed by atoms with Crippen LogP contribution >= 0.6 is 0 Å². The number of aromatic nitrogens is 1. The minimum absolute atomic E-state index is 0.0660. The molecule has 0 aliphatic heterocycles. The zero-order chi connectivity index (χ0) is 20.5. The number of hydrogen-bond acceptors (Lipinski definition) is 4. The molecule has 1 N–H and O–H groups in total. The molecule has 2 aromatic carbocycles. The van der Waals surface area contributed by atoms with Gasteiger partial charge in [-0.25, -0.2) is 0 Å². The van der Waals surface area contributed by atoms with Gasteiger partial charge in [-0.15, -0.1) is 0 Å². The van der Waals surface area contributed by atoms with E-state index in [0.29, 0.717) is 5.39 Å². The van der Waals surface area contributed by atoms with Gasteiger partial charge in [0.2, 0.25) is 5.91 Å². The van der Waals surface area contributed by atoms with E-state index in [2.05, 4.69) is 5.32 Å². The van der Waals surface area contributed by atoms with Crippen molar-refractivity contribution < 1.29 is 22.9 Å². The maximum Gasteiger partial charge on any atom is 0.416 e. The molecule has 0 unspecified atom stereocenters. The first-order valence-electron chi connectivity index (χ1n) is 7.90. The number of nitrogens with zero attached hydrogens (tertiary/aromatic N) is 2. The van der Waals surface area contributed by atoms with Crippen molar-refractivity contribution in [2.45, 2.75) is 12.7 Å². The predicted octanol–water partition coefficient (Wildman–Crippen LogP) is 3.57. The number of amides is 1. The number of alkyl halides is 3. The van der Waals surface area contributed by atoms with Crippen LogP contribution in [0, 0.1) is 10.1 Å². The lowest BCUT2D eigenvalue weighted by Gasteiger charge is -2.12. The summed E-state index contributed by atoms with van der Waals surface area (Å²) in [7, 11) is 0. The summed E-state index contributed by atoms with van der Waals surface area (Å²) < 4.78 is 39.4. The number of fused-ring (bicyclic) bond motifs is 1. The van der Waals surface area contributed by atoms with Gasteiger partial charge < -0.3 is 5.32 Å². The molecule has 0 fully saturated rings. The highest BCUT2D eigenvalue weighted by atomic mass is 19.4. The number of benzene rings is 2. The number of carbonyl (C=O) groups excluding carboxylic acids is 1. The zero-order valence-corrected chi connectivity index (χ0v) is 14.1. The van der Waals surface area contributed by atoms with Crippen molar-refractivity contribution in [2.24, 2.45) is 0 Å². The summed E-state index contributed by atoms with van der Waals surface area (Å²) in [6.07, 6.45) is -4.55. The fourth-order valence-corrected chi connectivity index (χ4v) is 2.69. The molecule has 7 nitrogen and oxygen atoms in total. The maximum atomic E-state index is 12.8. The molecule has 0 aliphatic carbocycles. The molecule has 3 rings (SSSR count). The lowest BCUT2D eigenvalue weighted by Crippen LogP contribution is -2.27. The number of halogens is 3. The molecule has 0 aliphatic rings. The Morgan fingerprint density at radius 3 is 2.54 bits per heavy atom. The molecule has 0 saturated heterocycles. The molecule has 0 radical (unpaired) electrons. The van der Waals surface area contributed by atoms with Gasteiger partial charge in [-0.05, 0) is 30.3 Å². The van der Waals surface area contributed by atoms with Crippen LogP contribution in [0.25, 0.3) is 10.9 Å². The largest absolute Gasteiger partial charge is 0.416 e. The first-order chi connectivity index (χ1) is 13.1. The Hall–Kier alpha value is -3.69. The van der Waals surface area contributed by atoms with E-state index in [1.54, 1.807) is 0 Å². The van der Waals surface area contributed by atoms with Gasteiger partial charge in [-0.3, -0.25) is 24.3 Å². The molecule has 144 valence electrons. The summed E-state index contributed by atoms with van der Waals surface area (Å²) in [5.41, 5.74) is -1.40. The van der Waals surface area contributed by atoms with E-state index in [0.717, 1.165) is 28.8 Å². The van der Waals surface area contributed by atoms with Gasteiger partial charge in [0.15, 0.2) is 0 Å². The standard InChI is InChI=1S/C18H12F3N3O4/c19-18(20,21)12-2-1-3-13(9-12)22-16(25)10-23-15-6-5-14(24(27)28)8-11(15)4-7-17(23)26/h1-9H,10H2,(H,22,25). The molecule has 1 heterocycles. The summed E-state index contributed by atoms with van der Waals surface area (Å²) >= 11 is 0. The van der Waals surface area contributed by atoms with Crippen molar-refractivity contribution in [1.29, 1.82) is 0 Å². The predicted molar refractivity (Wildman–Crippen MR) is 94.9 cm³/mol. The molecule has 1 aromatic heterocycles. The number of anilines is 1. The van der Waals surface area contributed by atoms with Gasteiger partial charge >= 0.3 is 6.18 Å². The molecule has 0 spiro atoms. The third-order valence-electron chi connectivity index (χ3n) is 3.96. The monoisotopic (exact) mass is 391 g/mol. The summed E-state index contributed by atoms with van der Waals surface area (Å²) in [5.74, 6) is -0.715. The number of non-ortho nitro benzene ring substituents is 1. The van der Waals surface area contributed by atoms with Crippen molar-refractivity contribution in [3.05, 3.63) is 80.6 Å². The highest BCUT2D eigenvalue weighted by Crippen LogP contribution is 2.30. The minimum atomic E-state index is -4.55. The fraction of sp³-hybridized carbons (Fsp3) is 0.111. The Morgan fingerprint density at radius 1 is 1.11 bits per heavy atom. The Labute approximate surface area is 155 Å². The van der Waals surface area contributed by atoms with Gasteiger partial charge in [0, 0.05) is 29.3 Å². The Balaban J connectivity index is 1.88. The number of nitro benzene ring substituents is 1. The number of nitro groups is 1. The number of rotatable bonds is 4. The summed E-state index contributed by atoms with van der Waals surface area (Å²) in [4.78, 5) is 34.7. The lowest BCUT2D eigenvalue weighted by atomic mass is 10.2. The smallest absolute Gasteiger partial charge is 0.325 e. The van der Waals surface area contributed by atoms with E-state index in [1.165, 1.54) is 30.3 Å². The van der Waals surface area contributed by atoms with E-state index in [1.807, 2.05) is 0 Å². The third-order valence-corrected chi connectivity index (χ3v) is 3.96. The van der Waals surface area contributed by atoms with E-state index >= 15 is 0 Å². The number of carbonyl (C=O) groups is 1. The lowest BCUT2D eigenvalue weighted by molar-refractivity contribution is -0.384. The molecule has 3 aromatic rings. The molecule has 10 heteroatoms. The van der Waals surface area contributed by atoms with Crippen molar-refractivity contribution >= 4 is 28.2 Å². The second kappa shape index (κ2) is 7.14. The Kier molecular flexibility index (Phi) is 4.87. The second-order valence-corrected chi connectivity index (χ2v) is 5.88. The maximum absolute atomic E-state index is 12.8. The van der Waals surface area contributed by atoms with Gasteiger partial charge in [-0.2, -0.15) is 13.2 Å². The average Bonchev–Trinajstić information content (AvgIpc) is 2.63. The first-order valence-corrected chi connectivity index (χ1v) is 7.90. The summed E-state index contributed by atoms with van der Waals surface area (Å²) in [6, 6.07) is 10.5. The van der Waals surface area contributed by atoms with Crippen LogP contribution in [0.4, 0.5) is 24.5 Å². The van der Waals surface area contributed by atoms with E-state index in [4.69, 9.17) is 0 Å². The van der Waals surface area contributed by atoms with E-state index in [9.17, 15) is 32.9 Å². The summed E-state index contributed by atoms with van der Waals surface area (Å²) in [5, 5.41) is 13.6. The highest BCUT2D eigenvalue weighted by molar-refractivity contribution is 5.92. The number of pyridine rings is 1. The van der Waals surface area contributed by atoms with Crippen LogP contribution in [-0.2, 0) is 17.5 Å². The van der Waals surface area contributed by atoms with Crippen LogP contribution in [-0.4, -0.2) is 15.4 Å². The quantitative estimate of drug-likeness (QED) is 0.543. The van der Waals surface area contributed by atoms with Crippen molar-refractivity contribution in [3.8, 4) is 0 Å². The molecular formula is C18H12F3N3O4. The summed E-state index contributed by atoms with van der Waals surface area (Å²) in [6.45, 7) is -0.468. The average molecular weight is 391 g/mol.